The van der Waals surface area contributed by atoms with Crippen LogP contribution in [0.25, 0.3) is 10.4 Å². The third-order valence-electron chi connectivity index (χ3n) is 3.29. The Bertz CT molecular complexity index is 813. The molecule has 13 heteroatoms. The Kier molecular flexibility index (Phi) is 6.25. The summed E-state index contributed by atoms with van der Waals surface area (Å²) in [5.74, 6) is 0. The molecule has 0 N–H and O–H groups in total. The molecule has 0 aliphatic heterocycles. The summed E-state index contributed by atoms with van der Waals surface area (Å²) in [6.45, 7) is 3.28. The molecule has 0 radical (unpaired) electrons. The molecule has 0 bridgehead atoms. The lowest BCUT2D eigenvalue weighted by Gasteiger charge is -2.27. The number of nitrogens with zero attached hydrogens (tertiary/aromatic N) is 6. The third-order valence-corrected chi connectivity index (χ3v) is 4.38. The molecule has 0 aromatic heterocycles. The summed E-state index contributed by atoms with van der Waals surface area (Å²) in [5, 5.41) is 26.3. The van der Waals surface area contributed by atoms with Gasteiger partial charge in [0.1, 0.15) is 6.17 Å². The fourth-order valence-electron chi connectivity index (χ4n) is 2.23. The van der Waals surface area contributed by atoms with Crippen LogP contribution >= 0.6 is 0 Å². The second-order valence-electron chi connectivity index (χ2n) is 5.13. The van der Waals surface area contributed by atoms with E-state index in [9.17, 15) is 28.6 Å². The van der Waals surface area contributed by atoms with Crippen molar-refractivity contribution in [3.63, 3.8) is 0 Å². The molecular weight excluding hydrogens is 356 g/mol. The lowest BCUT2D eigenvalue weighted by Crippen LogP contribution is -2.33. The van der Waals surface area contributed by atoms with Gasteiger partial charge >= 0.3 is 11.4 Å². The lowest BCUT2D eigenvalue weighted by molar-refractivity contribution is -0.393. The van der Waals surface area contributed by atoms with E-state index in [1.807, 2.05) is 0 Å². The van der Waals surface area contributed by atoms with Crippen molar-refractivity contribution in [2.75, 3.05) is 17.7 Å². The van der Waals surface area contributed by atoms with Crippen LogP contribution < -0.4 is 4.90 Å². The van der Waals surface area contributed by atoms with Crippen molar-refractivity contribution in [1.82, 2.24) is 0 Å². The zero-order valence-electron chi connectivity index (χ0n) is 13.7. The highest BCUT2D eigenvalue weighted by Gasteiger charge is 2.34. The summed E-state index contributed by atoms with van der Waals surface area (Å²) in [6.07, 6.45) is 0.293. The van der Waals surface area contributed by atoms with Gasteiger partial charge in [-0.25, -0.2) is 8.42 Å². The summed E-state index contributed by atoms with van der Waals surface area (Å²) in [4.78, 5) is 24.3. The molecule has 1 rings (SSSR count). The molecule has 0 heterocycles. The molecular formula is C12H16N6O6S. The van der Waals surface area contributed by atoms with Gasteiger partial charge in [-0.1, -0.05) is 12.0 Å². The number of hydrogen-bond acceptors (Lipinski definition) is 8. The van der Waals surface area contributed by atoms with Crippen molar-refractivity contribution < 1.29 is 18.3 Å². The number of anilines is 1. The summed E-state index contributed by atoms with van der Waals surface area (Å²) in [6, 6.07) is 1.53. The predicted octanol–water partition coefficient (Wildman–Crippen LogP) is 2.78. The van der Waals surface area contributed by atoms with Crippen LogP contribution in [0.1, 0.15) is 20.3 Å². The van der Waals surface area contributed by atoms with Crippen molar-refractivity contribution in [3.8, 4) is 0 Å². The summed E-state index contributed by atoms with van der Waals surface area (Å²) < 4.78 is 23.4. The molecule has 1 unspecified atom stereocenters. The largest absolute Gasteiger partial charge is 0.352 e. The molecule has 136 valence electrons. The molecule has 1 atom stereocenters. The monoisotopic (exact) mass is 372 g/mol. The highest BCUT2D eigenvalue weighted by molar-refractivity contribution is 7.90. The van der Waals surface area contributed by atoms with Crippen LogP contribution in [-0.4, -0.2) is 37.2 Å². The smallest absolute Gasteiger partial charge is 0.300 e. The molecule has 0 saturated carbocycles. The number of nitro groups is 2. The Hall–Kier alpha value is -2.92. The zero-order valence-corrected chi connectivity index (χ0v) is 14.5. The maximum atomic E-state index is 11.7. The Morgan fingerprint density at radius 1 is 1.28 bits per heavy atom. The predicted molar refractivity (Wildman–Crippen MR) is 89.1 cm³/mol. The van der Waals surface area contributed by atoms with E-state index in [0.29, 0.717) is 6.42 Å². The van der Waals surface area contributed by atoms with Crippen molar-refractivity contribution in [3.05, 3.63) is 42.8 Å². The van der Waals surface area contributed by atoms with E-state index < -0.39 is 47.8 Å². The van der Waals surface area contributed by atoms with Gasteiger partial charge in [-0.15, -0.1) is 0 Å². The van der Waals surface area contributed by atoms with Crippen LogP contribution in [0.3, 0.4) is 0 Å². The van der Waals surface area contributed by atoms with E-state index in [1.54, 1.807) is 6.92 Å². The number of sulfone groups is 1. The van der Waals surface area contributed by atoms with Crippen LogP contribution in [-0.2, 0) is 9.84 Å². The van der Waals surface area contributed by atoms with Crippen LogP contribution in [0.2, 0.25) is 0 Å². The molecule has 0 saturated heterocycles. The van der Waals surface area contributed by atoms with Gasteiger partial charge in [-0.05, 0) is 18.9 Å². The van der Waals surface area contributed by atoms with Crippen molar-refractivity contribution in [2.45, 2.75) is 31.3 Å². The summed E-state index contributed by atoms with van der Waals surface area (Å²) in [7, 11) is -3.91. The first-order chi connectivity index (χ1) is 11.5. The average molecular weight is 372 g/mol. The average Bonchev–Trinajstić information content (AvgIpc) is 2.50. The number of rotatable bonds is 8. The quantitative estimate of drug-likeness (QED) is 0.222. The molecule has 1 aromatic carbocycles. The summed E-state index contributed by atoms with van der Waals surface area (Å²) in [5.41, 5.74) is 6.70. The Balaban J connectivity index is 3.90. The third kappa shape index (κ3) is 4.55. The Morgan fingerprint density at radius 2 is 1.76 bits per heavy atom. The van der Waals surface area contributed by atoms with Gasteiger partial charge in [0.15, 0.2) is 15.5 Å². The molecule has 0 spiro atoms. The van der Waals surface area contributed by atoms with Gasteiger partial charge in [0.25, 0.3) is 0 Å². The highest BCUT2D eigenvalue weighted by Crippen LogP contribution is 2.41. The fourth-order valence-corrected chi connectivity index (χ4v) is 2.88. The van der Waals surface area contributed by atoms with Gasteiger partial charge in [-0.2, -0.15) is 0 Å². The number of benzene rings is 1. The van der Waals surface area contributed by atoms with Gasteiger partial charge in [0.2, 0.25) is 0 Å². The molecule has 0 fully saturated rings. The SMILES string of the molecule is CCCN(c1c([N+](=O)[O-])cc(S(C)(=O)=O)cc1[N+](=O)[O-])C(C)N=[N+]=[N-]. The first-order valence-corrected chi connectivity index (χ1v) is 8.91. The van der Waals surface area contributed by atoms with E-state index in [4.69, 9.17) is 5.53 Å². The second kappa shape index (κ2) is 7.77. The zero-order chi connectivity index (χ0) is 19.4. The van der Waals surface area contributed by atoms with Gasteiger partial charge in [0.05, 0.1) is 14.7 Å². The van der Waals surface area contributed by atoms with Crippen molar-refractivity contribution in [1.29, 1.82) is 0 Å². The number of azide groups is 1. The minimum Gasteiger partial charge on any atom is -0.352 e. The first-order valence-electron chi connectivity index (χ1n) is 7.02. The van der Waals surface area contributed by atoms with E-state index in [1.165, 1.54) is 11.8 Å². The van der Waals surface area contributed by atoms with Crippen LogP contribution in [0, 0.1) is 20.2 Å². The van der Waals surface area contributed by atoms with E-state index in [-0.39, 0.29) is 6.54 Å². The number of hydrogen-bond donors (Lipinski definition) is 0. The van der Waals surface area contributed by atoms with Crippen molar-refractivity contribution in [2.24, 2.45) is 5.11 Å². The lowest BCUT2D eigenvalue weighted by atomic mass is 10.2. The maximum Gasteiger partial charge on any atom is 0.300 e. The molecule has 0 aliphatic rings. The van der Waals surface area contributed by atoms with Gasteiger partial charge in [-0.3, -0.25) is 20.2 Å². The molecule has 0 aliphatic carbocycles. The number of nitro benzene ring substituents is 2. The van der Waals surface area contributed by atoms with Crippen LogP contribution in [0.15, 0.2) is 22.1 Å². The van der Waals surface area contributed by atoms with Gasteiger partial charge < -0.3 is 4.90 Å². The standard InChI is InChI=1S/C12H16N6O6S/c1-4-5-16(8(2)14-15-13)12-10(17(19)20)6-9(25(3,23)24)7-11(12)18(21)22/h6-8H,4-5H2,1-3H3. The Morgan fingerprint density at radius 3 is 2.08 bits per heavy atom. The minimum absolute atomic E-state index is 0.125. The normalized spacial score (nSPS) is 12.1. The van der Waals surface area contributed by atoms with E-state index in [0.717, 1.165) is 18.4 Å². The van der Waals surface area contributed by atoms with Gasteiger partial charge in [0, 0.05) is 29.8 Å². The first kappa shape index (κ1) is 20.1. The maximum absolute atomic E-state index is 11.7. The second-order valence-corrected chi connectivity index (χ2v) is 7.14. The van der Waals surface area contributed by atoms with Crippen LogP contribution in [0.5, 0.6) is 0 Å². The molecule has 25 heavy (non-hydrogen) atoms. The minimum atomic E-state index is -3.91. The molecule has 1 aromatic rings. The Labute approximate surface area is 142 Å². The fraction of sp³-hybridized carbons (Fsp3) is 0.500. The molecule has 12 nitrogen and oxygen atoms in total. The van der Waals surface area contributed by atoms with E-state index >= 15 is 0 Å². The van der Waals surface area contributed by atoms with Crippen LogP contribution in [0.4, 0.5) is 17.1 Å². The van der Waals surface area contributed by atoms with Crippen molar-refractivity contribution >= 4 is 26.9 Å². The topological polar surface area (TPSA) is 172 Å². The van der Waals surface area contributed by atoms with E-state index in [2.05, 4.69) is 10.0 Å². The highest BCUT2D eigenvalue weighted by atomic mass is 32.2. The molecule has 0 amide bonds. The summed E-state index contributed by atoms with van der Waals surface area (Å²) >= 11 is 0.